The fourth-order valence-corrected chi connectivity index (χ4v) is 1.75. The van der Waals surface area contributed by atoms with Crippen molar-refractivity contribution in [2.45, 2.75) is 0 Å². The monoisotopic (exact) mass is 246 g/mol. The van der Waals surface area contributed by atoms with E-state index < -0.39 is 0 Å². The molecule has 2 rings (SSSR count). The molecule has 18 heavy (non-hydrogen) atoms. The summed E-state index contributed by atoms with van der Waals surface area (Å²) >= 11 is 0. The second-order valence-electron chi connectivity index (χ2n) is 3.96. The van der Waals surface area contributed by atoms with Gasteiger partial charge in [0, 0.05) is 12.7 Å². The zero-order chi connectivity index (χ0) is 13.1. The number of benzene rings is 2. The van der Waals surface area contributed by atoms with E-state index >= 15 is 0 Å². The normalized spacial score (nSPS) is 10.2. The van der Waals surface area contributed by atoms with Crippen LogP contribution in [0.4, 0.5) is 21.5 Å². The van der Waals surface area contributed by atoms with Gasteiger partial charge in [0.05, 0.1) is 18.5 Å². The number of methoxy groups -OCH3 is 1. The molecule has 0 bridgehead atoms. The van der Waals surface area contributed by atoms with Gasteiger partial charge in [0.25, 0.3) is 0 Å². The van der Waals surface area contributed by atoms with Gasteiger partial charge in [0.1, 0.15) is 11.6 Å². The van der Waals surface area contributed by atoms with Crippen molar-refractivity contribution in [3.05, 3.63) is 48.3 Å². The summed E-state index contributed by atoms with van der Waals surface area (Å²) in [5.41, 5.74) is 7.94. The Bertz CT molecular complexity index is 540. The van der Waals surface area contributed by atoms with Gasteiger partial charge in [-0.2, -0.15) is 0 Å². The Balaban J connectivity index is 2.34. The van der Waals surface area contributed by atoms with E-state index in [-0.39, 0.29) is 5.82 Å². The molecule has 94 valence electrons. The van der Waals surface area contributed by atoms with Crippen LogP contribution in [0.3, 0.4) is 0 Å². The first kappa shape index (κ1) is 12.2. The van der Waals surface area contributed by atoms with Crippen molar-refractivity contribution >= 4 is 17.1 Å². The molecular weight excluding hydrogens is 231 g/mol. The van der Waals surface area contributed by atoms with Crippen LogP contribution in [-0.2, 0) is 0 Å². The fraction of sp³-hybridized carbons (Fsp3) is 0.143. The van der Waals surface area contributed by atoms with Crippen LogP contribution in [0, 0.1) is 5.82 Å². The van der Waals surface area contributed by atoms with Gasteiger partial charge in [-0.1, -0.05) is 0 Å². The molecule has 2 aromatic rings. The lowest BCUT2D eigenvalue weighted by atomic mass is 10.2. The van der Waals surface area contributed by atoms with Gasteiger partial charge in [-0.15, -0.1) is 0 Å². The van der Waals surface area contributed by atoms with Crippen LogP contribution < -0.4 is 15.4 Å². The molecule has 0 amide bonds. The number of rotatable bonds is 3. The molecule has 0 aliphatic rings. The summed E-state index contributed by atoms with van der Waals surface area (Å²) in [6.07, 6.45) is 0. The highest BCUT2D eigenvalue weighted by atomic mass is 19.1. The van der Waals surface area contributed by atoms with Crippen molar-refractivity contribution in [3.63, 3.8) is 0 Å². The number of ether oxygens (including phenoxy) is 1. The quantitative estimate of drug-likeness (QED) is 0.845. The summed E-state index contributed by atoms with van der Waals surface area (Å²) in [5.74, 6) is 0.471. The summed E-state index contributed by atoms with van der Waals surface area (Å²) < 4.78 is 18.3. The molecular formula is C14H15FN2O. The number of halogens is 1. The largest absolute Gasteiger partial charge is 0.497 e. The molecule has 0 aliphatic carbocycles. The van der Waals surface area contributed by atoms with Crippen molar-refractivity contribution in [3.8, 4) is 5.75 Å². The second kappa shape index (κ2) is 4.96. The Morgan fingerprint density at radius 1 is 1.11 bits per heavy atom. The molecule has 4 heteroatoms. The molecule has 0 heterocycles. The van der Waals surface area contributed by atoms with Crippen molar-refractivity contribution in [2.24, 2.45) is 0 Å². The summed E-state index contributed by atoms with van der Waals surface area (Å²) in [5, 5.41) is 0. The molecule has 0 aromatic heterocycles. The second-order valence-corrected chi connectivity index (χ2v) is 3.96. The molecule has 0 aliphatic heterocycles. The van der Waals surface area contributed by atoms with E-state index in [9.17, 15) is 4.39 Å². The first-order valence-electron chi connectivity index (χ1n) is 5.54. The number of hydrogen-bond acceptors (Lipinski definition) is 3. The summed E-state index contributed by atoms with van der Waals surface area (Å²) in [6.45, 7) is 0. The Morgan fingerprint density at radius 2 is 1.78 bits per heavy atom. The maximum atomic E-state index is 13.2. The van der Waals surface area contributed by atoms with Crippen LogP contribution in [0.25, 0.3) is 0 Å². The smallest absolute Gasteiger partial charge is 0.125 e. The molecule has 0 fully saturated rings. The zero-order valence-corrected chi connectivity index (χ0v) is 10.4. The molecule has 0 atom stereocenters. The molecule has 0 saturated carbocycles. The lowest BCUT2D eigenvalue weighted by Gasteiger charge is -2.21. The number of hydrogen-bond donors (Lipinski definition) is 1. The van der Waals surface area contributed by atoms with Crippen LogP contribution >= 0.6 is 0 Å². The van der Waals surface area contributed by atoms with Crippen molar-refractivity contribution < 1.29 is 9.13 Å². The fourth-order valence-electron chi connectivity index (χ4n) is 1.75. The van der Waals surface area contributed by atoms with Crippen molar-refractivity contribution in [1.29, 1.82) is 0 Å². The molecule has 0 saturated heterocycles. The van der Waals surface area contributed by atoms with E-state index in [0.29, 0.717) is 11.4 Å². The van der Waals surface area contributed by atoms with E-state index in [4.69, 9.17) is 10.5 Å². The van der Waals surface area contributed by atoms with Crippen LogP contribution in [0.5, 0.6) is 5.75 Å². The van der Waals surface area contributed by atoms with Gasteiger partial charge in [-0.25, -0.2) is 4.39 Å². The van der Waals surface area contributed by atoms with Gasteiger partial charge in [-0.05, 0) is 42.5 Å². The number of anilines is 3. The van der Waals surface area contributed by atoms with Crippen molar-refractivity contribution in [2.75, 3.05) is 24.8 Å². The van der Waals surface area contributed by atoms with Crippen LogP contribution in [0.2, 0.25) is 0 Å². The average Bonchev–Trinajstić information content (AvgIpc) is 2.41. The molecule has 0 unspecified atom stereocenters. The minimum Gasteiger partial charge on any atom is -0.497 e. The standard InChI is InChI=1S/C14H15FN2O/c1-17(11-4-6-12(18-2)7-5-11)14-9-10(15)3-8-13(14)16/h3-9H,16H2,1-2H3. The van der Waals surface area contributed by atoms with E-state index in [1.54, 1.807) is 13.2 Å². The maximum absolute atomic E-state index is 13.2. The first-order chi connectivity index (χ1) is 8.61. The van der Waals surface area contributed by atoms with E-state index in [1.807, 2.05) is 36.2 Å². The number of nitrogen functional groups attached to an aromatic ring is 1. The average molecular weight is 246 g/mol. The molecule has 0 radical (unpaired) electrons. The van der Waals surface area contributed by atoms with Gasteiger partial charge >= 0.3 is 0 Å². The Hall–Kier alpha value is -2.23. The third-order valence-electron chi connectivity index (χ3n) is 2.81. The molecule has 0 spiro atoms. The summed E-state index contributed by atoms with van der Waals surface area (Å²) in [7, 11) is 3.45. The predicted octanol–water partition coefficient (Wildman–Crippen LogP) is 3.18. The van der Waals surface area contributed by atoms with Gasteiger partial charge < -0.3 is 15.4 Å². The van der Waals surface area contributed by atoms with Crippen LogP contribution in [0.1, 0.15) is 0 Å². The molecule has 3 nitrogen and oxygen atoms in total. The van der Waals surface area contributed by atoms with Crippen molar-refractivity contribution in [1.82, 2.24) is 0 Å². The lowest BCUT2D eigenvalue weighted by molar-refractivity contribution is 0.415. The highest BCUT2D eigenvalue weighted by Gasteiger charge is 2.08. The zero-order valence-electron chi connectivity index (χ0n) is 10.4. The van der Waals surface area contributed by atoms with Gasteiger partial charge in [-0.3, -0.25) is 0 Å². The van der Waals surface area contributed by atoms with E-state index in [0.717, 1.165) is 11.4 Å². The summed E-state index contributed by atoms with van der Waals surface area (Å²) in [4.78, 5) is 1.83. The Morgan fingerprint density at radius 3 is 2.39 bits per heavy atom. The lowest BCUT2D eigenvalue weighted by Crippen LogP contribution is -2.11. The van der Waals surface area contributed by atoms with Gasteiger partial charge in [0.2, 0.25) is 0 Å². The first-order valence-corrected chi connectivity index (χ1v) is 5.54. The minimum absolute atomic E-state index is 0.306. The van der Waals surface area contributed by atoms with Crippen LogP contribution in [-0.4, -0.2) is 14.2 Å². The van der Waals surface area contributed by atoms with Gasteiger partial charge in [0.15, 0.2) is 0 Å². The highest BCUT2D eigenvalue weighted by Crippen LogP contribution is 2.30. The highest BCUT2D eigenvalue weighted by molar-refractivity contribution is 5.74. The third-order valence-corrected chi connectivity index (χ3v) is 2.81. The maximum Gasteiger partial charge on any atom is 0.125 e. The number of nitrogens with two attached hydrogens (primary N) is 1. The Labute approximate surface area is 106 Å². The van der Waals surface area contributed by atoms with Crippen LogP contribution in [0.15, 0.2) is 42.5 Å². The predicted molar refractivity (Wildman–Crippen MR) is 71.9 cm³/mol. The SMILES string of the molecule is COc1ccc(N(C)c2cc(F)ccc2N)cc1. The molecule has 2 aromatic carbocycles. The Kier molecular flexibility index (Phi) is 3.37. The third kappa shape index (κ3) is 2.37. The van der Waals surface area contributed by atoms with E-state index in [2.05, 4.69) is 0 Å². The number of nitrogens with zero attached hydrogens (tertiary/aromatic N) is 1. The van der Waals surface area contributed by atoms with E-state index in [1.165, 1.54) is 12.1 Å². The minimum atomic E-state index is -0.306. The topological polar surface area (TPSA) is 38.5 Å². The summed E-state index contributed by atoms with van der Waals surface area (Å²) in [6, 6.07) is 11.8. The molecule has 2 N–H and O–H groups in total.